The Balaban J connectivity index is 0.000000791. The summed E-state index contributed by atoms with van der Waals surface area (Å²) in [5.41, 5.74) is 3.63. The Bertz CT molecular complexity index is 290. The van der Waals surface area contributed by atoms with E-state index < -0.39 is 0 Å². The molecular formula is C12H20N2. The average molecular weight is 192 g/mol. The quantitative estimate of drug-likeness (QED) is 0.437. The maximum Gasteiger partial charge on any atom is 0.0540 e. The Hall–Kier alpha value is -1.31. The van der Waals surface area contributed by atoms with Crippen LogP contribution in [0, 0.1) is 6.92 Å². The number of rotatable bonds is 2. The van der Waals surface area contributed by atoms with Crippen LogP contribution in [0.2, 0.25) is 0 Å². The molecule has 0 bridgehead atoms. The molecule has 2 N–H and O–H groups in total. The first-order valence-electron chi connectivity index (χ1n) is 5.10. The number of benzene rings is 1. The predicted octanol–water partition coefficient (Wildman–Crippen LogP) is 2.88. The lowest BCUT2D eigenvalue weighted by Gasteiger charge is -2.01. The largest absolute Gasteiger partial charge is 0.323 e. The number of hydrogen-bond acceptors (Lipinski definition) is 2. The predicted molar refractivity (Wildman–Crippen MR) is 63.7 cm³/mol. The van der Waals surface area contributed by atoms with Crippen molar-refractivity contribution in [3.63, 3.8) is 0 Å². The van der Waals surface area contributed by atoms with E-state index in [1.165, 1.54) is 11.1 Å². The molecule has 0 unspecified atom stereocenters. The summed E-state index contributed by atoms with van der Waals surface area (Å²) in [6.07, 6.45) is 2.74. The molecule has 1 rings (SSSR count). The van der Waals surface area contributed by atoms with Crippen LogP contribution in [0.4, 0.5) is 0 Å². The van der Waals surface area contributed by atoms with Crippen molar-refractivity contribution in [3.05, 3.63) is 34.9 Å². The third-order valence-corrected chi connectivity index (χ3v) is 1.97. The number of nitrogens with two attached hydrogens (primary N) is 1. The van der Waals surface area contributed by atoms with Gasteiger partial charge in [-0.05, 0) is 36.1 Å². The summed E-state index contributed by atoms with van der Waals surface area (Å²) in [4.78, 5) is 0. The van der Waals surface area contributed by atoms with Gasteiger partial charge in [0, 0.05) is 0 Å². The molecule has 0 atom stereocenters. The van der Waals surface area contributed by atoms with E-state index >= 15 is 0 Å². The number of hydrogen-bond donors (Lipinski definition) is 1. The minimum Gasteiger partial charge on any atom is -0.323 e. The van der Waals surface area contributed by atoms with E-state index in [1.807, 2.05) is 13.8 Å². The fraction of sp³-hybridized carbons (Fsp3) is 0.417. The zero-order valence-electron chi connectivity index (χ0n) is 9.54. The molecular weight excluding hydrogens is 172 g/mol. The van der Waals surface area contributed by atoms with Crippen LogP contribution in [0.5, 0.6) is 0 Å². The highest BCUT2D eigenvalue weighted by Crippen LogP contribution is 2.09. The molecule has 2 heteroatoms. The van der Waals surface area contributed by atoms with Crippen molar-refractivity contribution >= 4 is 6.21 Å². The zero-order chi connectivity index (χ0) is 11.0. The molecule has 0 amide bonds. The summed E-state index contributed by atoms with van der Waals surface area (Å²) >= 11 is 0. The Labute approximate surface area is 86.8 Å². The van der Waals surface area contributed by atoms with E-state index in [0.29, 0.717) is 0 Å². The van der Waals surface area contributed by atoms with Gasteiger partial charge in [-0.2, -0.15) is 5.10 Å². The SMILES string of the molecule is CC.CCc1ccc(C)c(/C=N\N)c1. The van der Waals surface area contributed by atoms with Crippen LogP contribution in [-0.2, 0) is 6.42 Å². The fourth-order valence-electron chi connectivity index (χ4n) is 1.13. The summed E-state index contributed by atoms with van der Waals surface area (Å²) in [6.45, 7) is 8.19. The van der Waals surface area contributed by atoms with Crippen LogP contribution in [0.3, 0.4) is 0 Å². The minimum atomic E-state index is 1.05. The van der Waals surface area contributed by atoms with E-state index in [1.54, 1.807) is 6.21 Å². The van der Waals surface area contributed by atoms with Crippen molar-refractivity contribution in [1.82, 2.24) is 0 Å². The van der Waals surface area contributed by atoms with Gasteiger partial charge in [0.15, 0.2) is 0 Å². The summed E-state index contributed by atoms with van der Waals surface area (Å²) < 4.78 is 0. The Morgan fingerprint density at radius 1 is 1.36 bits per heavy atom. The monoisotopic (exact) mass is 192 g/mol. The van der Waals surface area contributed by atoms with Gasteiger partial charge < -0.3 is 5.84 Å². The molecule has 0 saturated heterocycles. The van der Waals surface area contributed by atoms with Gasteiger partial charge in [0.1, 0.15) is 0 Å². The summed E-state index contributed by atoms with van der Waals surface area (Å²) in [5.74, 6) is 5.09. The number of nitrogens with zero attached hydrogens (tertiary/aromatic N) is 1. The molecule has 0 aliphatic rings. The third kappa shape index (κ3) is 3.60. The van der Waals surface area contributed by atoms with Gasteiger partial charge in [-0.1, -0.05) is 32.9 Å². The summed E-state index contributed by atoms with van der Waals surface area (Å²) in [6, 6.07) is 6.34. The van der Waals surface area contributed by atoms with E-state index in [-0.39, 0.29) is 0 Å². The molecule has 0 aliphatic heterocycles. The molecule has 0 aliphatic carbocycles. The molecule has 1 aromatic carbocycles. The molecule has 14 heavy (non-hydrogen) atoms. The van der Waals surface area contributed by atoms with E-state index in [0.717, 1.165) is 12.0 Å². The average Bonchev–Trinajstić information content (AvgIpc) is 2.24. The molecule has 0 aromatic heterocycles. The van der Waals surface area contributed by atoms with Gasteiger partial charge in [-0.15, -0.1) is 0 Å². The lowest BCUT2D eigenvalue weighted by molar-refractivity contribution is 1.13. The zero-order valence-corrected chi connectivity index (χ0v) is 9.54. The Morgan fingerprint density at radius 3 is 2.50 bits per heavy atom. The second kappa shape index (κ2) is 7.13. The lowest BCUT2D eigenvalue weighted by Crippen LogP contribution is -1.92. The van der Waals surface area contributed by atoms with Crippen LogP contribution >= 0.6 is 0 Å². The van der Waals surface area contributed by atoms with Crippen molar-refractivity contribution < 1.29 is 0 Å². The molecule has 0 heterocycles. The standard InChI is InChI=1S/C10H14N2.C2H6/c1-3-9-5-4-8(2)10(6-9)7-12-11;1-2/h4-7H,3,11H2,1-2H3;1-2H3/b12-7-;. The van der Waals surface area contributed by atoms with Crippen molar-refractivity contribution in [2.75, 3.05) is 0 Å². The first kappa shape index (κ1) is 12.7. The van der Waals surface area contributed by atoms with E-state index in [4.69, 9.17) is 5.84 Å². The van der Waals surface area contributed by atoms with Gasteiger partial charge in [-0.3, -0.25) is 0 Å². The molecule has 0 radical (unpaired) electrons. The smallest absolute Gasteiger partial charge is 0.0540 e. The van der Waals surface area contributed by atoms with Gasteiger partial charge in [0.25, 0.3) is 0 Å². The molecule has 1 aromatic rings. The van der Waals surface area contributed by atoms with Crippen LogP contribution < -0.4 is 5.84 Å². The first-order valence-corrected chi connectivity index (χ1v) is 5.10. The first-order chi connectivity index (χ1) is 6.77. The summed E-state index contributed by atoms with van der Waals surface area (Å²) in [7, 11) is 0. The second-order valence-corrected chi connectivity index (χ2v) is 2.82. The lowest BCUT2D eigenvalue weighted by atomic mass is 10.0. The second-order valence-electron chi connectivity index (χ2n) is 2.82. The fourth-order valence-corrected chi connectivity index (χ4v) is 1.13. The third-order valence-electron chi connectivity index (χ3n) is 1.97. The minimum absolute atomic E-state index is 1.05. The maximum atomic E-state index is 5.09. The topological polar surface area (TPSA) is 38.4 Å². The van der Waals surface area contributed by atoms with Crippen molar-refractivity contribution in [2.45, 2.75) is 34.1 Å². The van der Waals surface area contributed by atoms with Crippen LogP contribution in [-0.4, -0.2) is 6.21 Å². The van der Waals surface area contributed by atoms with Gasteiger partial charge in [0.05, 0.1) is 6.21 Å². The van der Waals surface area contributed by atoms with Crippen LogP contribution in [0.15, 0.2) is 23.3 Å². The maximum absolute atomic E-state index is 5.09. The van der Waals surface area contributed by atoms with Gasteiger partial charge in [0.2, 0.25) is 0 Å². The summed E-state index contributed by atoms with van der Waals surface area (Å²) in [5, 5.41) is 3.52. The molecule has 0 saturated carbocycles. The van der Waals surface area contributed by atoms with Gasteiger partial charge >= 0.3 is 0 Å². The Kier molecular flexibility index (Phi) is 6.46. The van der Waals surface area contributed by atoms with Crippen molar-refractivity contribution in [2.24, 2.45) is 10.9 Å². The van der Waals surface area contributed by atoms with Crippen molar-refractivity contribution in [1.29, 1.82) is 0 Å². The molecule has 0 spiro atoms. The highest BCUT2D eigenvalue weighted by atomic mass is 15.1. The van der Waals surface area contributed by atoms with Crippen LogP contribution in [0.25, 0.3) is 0 Å². The molecule has 78 valence electrons. The van der Waals surface area contributed by atoms with E-state index in [2.05, 4.69) is 37.1 Å². The molecule has 2 nitrogen and oxygen atoms in total. The van der Waals surface area contributed by atoms with E-state index in [9.17, 15) is 0 Å². The normalized spacial score (nSPS) is 9.71. The number of hydrazone groups is 1. The van der Waals surface area contributed by atoms with Gasteiger partial charge in [-0.25, -0.2) is 0 Å². The Morgan fingerprint density at radius 2 is 2.00 bits per heavy atom. The molecule has 0 fully saturated rings. The van der Waals surface area contributed by atoms with Crippen molar-refractivity contribution in [3.8, 4) is 0 Å². The number of aryl methyl sites for hydroxylation is 2. The van der Waals surface area contributed by atoms with Crippen LogP contribution in [0.1, 0.15) is 37.5 Å². The highest BCUT2D eigenvalue weighted by molar-refractivity contribution is 5.81. The highest BCUT2D eigenvalue weighted by Gasteiger charge is 1.95.